The number of fused-ring (bicyclic) bond motifs is 1. The minimum absolute atomic E-state index is 0.0306. The van der Waals surface area contributed by atoms with Gasteiger partial charge in [0, 0.05) is 5.69 Å². The normalized spacial score (nSPS) is 20.3. The summed E-state index contributed by atoms with van der Waals surface area (Å²) in [6, 6.07) is 15.0. The van der Waals surface area contributed by atoms with Crippen LogP contribution >= 0.6 is 11.8 Å². The summed E-state index contributed by atoms with van der Waals surface area (Å²) in [5.74, 6) is 0.670. The van der Waals surface area contributed by atoms with Crippen molar-refractivity contribution in [3.05, 3.63) is 59.7 Å². The highest BCUT2D eigenvalue weighted by molar-refractivity contribution is 8.14. The molecule has 2 aromatic rings. The van der Waals surface area contributed by atoms with E-state index in [1.807, 2.05) is 55.5 Å². The molecule has 1 saturated heterocycles. The molecule has 2 heterocycles. The van der Waals surface area contributed by atoms with Gasteiger partial charge in [0.25, 0.3) is 5.91 Å². The van der Waals surface area contributed by atoms with Crippen LogP contribution in [0.5, 0.6) is 5.75 Å². The van der Waals surface area contributed by atoms with Crippen LogP contribution in [0.3, 0.4) is 0 Å². The highest BCUT2D eigenvalue weighted by Gasteiger charge is 2.41. The number of hydrazine groups is 1. The molecule has 4 rings (SSSR count). The van der Waals surface area contributed by atoms with Crippen molar-refractivity contribution >= 4 is 34.4 Å². The van der Waals surface area contributed by atoms with Gasteiger partial charge in [0.2, 0.25) is 5.91 Å². The number of nitrogens with zero attached hydrogens (tertiary/aromatic N) is 2. The maximum Gasteiger partial charge on any atom is 0.264 e. The number of rotatable bonds is 5. The van der Waals surface area contributed by atoms with Gasteiger partial charge in [-0.2, -0.15) is 0 Å². The van der Waals surface area contributed by atoms with Gasteiger partial charge in [-0.3, -0.25) is 14.6 Å². The summed E-state index contributed by atoms with van der Waals surface area (Å²) < 4.78 is 5.21. The number of hydrazone groups is 1. The molecule has 156 valence electrons. The Morgan fingerprint density at radius 2 is 1.97 bits per heavy atom. The van der Waals surface area contributed by atoms with Crippen LogP contribution in [0.4, 0.5) is 5.69 Å². The Balaban J connectivity index is 1.38. The Kier molecular flexibility index (Phi) is 5.91. The maximum absolute atomic E-state index is 12.3. The number of carbonyl (C=O) groups excluding carboxylic acids is 2. The quantitative estimate of drug-likeness (QED) is 0.681. The molecule has 0 aliphatic carbocycles. The van der Waals surface area contributed by atoms with Crippen LogP contribution in [0.1, 0.15) is 23.6 Å². The lowest BCUT2D eigenvalue weighted by Gasteiger charge is -2.29. The lowest BCUT2D eigenvalue weighted by molar-refractivity contribution is -0.125. The number of nitrogens with one attached hydrogen (secondary N) is 3. The Morgan fingerprint density at radius 1 is 1.23 bits per heavy atom. The number of methoxy groups -OCH3 is 1. The van der Waals surface area contributed by atoms with Crippen LogP contribution < -0.4 is 20.9 Å². The van der Waals surface area contributed by atoms with Crippen LogP contribution in [-0.2, 0) is 9.59 Å². The zero-order valence-electron chi connectivity index (χ0n) is 16.7. The summed E-state index contributed by atoms with van der Waals surface area (Å²) in [7, 11) is 1.63. The summed E-state index contributed by atoms with van der Waals surface area (Å²) in [6.07, 6.45) is 0.604. The highest BCUT2D eigenvalue weighted by Crippen LogP contribution is 2.32. The average Bonchev–Trinajstić information content (AvgIpc) is 3.21. The van der Waals surface area contributed by atoms with E-state index in [2.05, 4.69) is 21.3 Å². The third-order valence-corrected chi connectivity index (χ3v) is 5.97. The molecule has 0 bridgehead atoms. The van der Waals surface area contributed by atoms with E-state index in [1.165, 1.54) is 11.8 Å². The maximum atomic E-state index is 12.3. The number of aryl methyl sites for hydroxylation is 1. The van der Waals surface area contributed by atoms with Gasteiger partial charge in [-0.05, 0) is 43.2 Å². The van der Waals surface area contributed by atoms with E-state index >= 15 is 0 Å². The first-order valence-electron chi connectivity index (χ1n) is 9.59. The van der Waals surface area contributed by atoms with Crippen LogP contribution in [0.2, 0.25) is 0 Å². The van der Waals surface area contributed by atoms with Gasteiger partial charge in [-0.15, -0.1) is 5.10 Å². The predicted molar refractivity (Wildman–Crippen MR) is 117 cm³/mol. The van der Waals surface area contributed by atoms with Crippen molar-refractivity contribution in [1.29, 1.82) is 0 Å². The molecule has 1 fully saturated rings. The van der Waals surface area contributed by atoms with Crippen molar-refractivity contribution in [2.75, 3.05) is 18.2 Å². The molecule has 0 radical (unpaired) electrons. The number of benzene rings is 2. The molecule has 9 heteroatoms. The standard InChI is InChI=1S/C21H23N5O3S/c1-13-3-7-15(8-4-13)22-19(27)12-30-21-24-23-20(28)18-11-17(25-26(18)21)14-5-9-16(29-2)10-6-14/h3-10,17-18,25H,11-12H2,1-2H3,(H,22,27)(H,23,28). The van der Waals surface area contributed by atoms with Gasteiger partial charge in [0.15, 0.2) is 5.17 Å². The fourth-order valence-corrected chi connectivity index (χ4v) is 4.16. The third-order valence-electron chi connectivity index (χ3n) is 5.02. The molecule has 0 aromatic heterocycles. The molecule has 30 heavy (non-hydrogen) atoms. The zero-order chi connectivity index (χ0) is 21.1. The van der Waals surface area contributed by atoms with Crippen LogP contribution in [-0.4, -0.2) is 40.9 Å². The predicted octanol–water partition coefficient (Wildman–Crippen LogP) is 2.40. The average molecular weight is 426 g/mol. The summed E-state index contributed by atoms with van der Waals surface area (Å²) in [5, 5.41) is 9.34. The van der Waals surface area contributed by atoms with Gasteiger partial charge >= 0.3 is 0 Å². The summed E-state index contributed by atoms with van der Waals surface area (Å²) in [5.41, 5.74) is 8.86. The van der Waals surface area contributed by atoms with Crippen molar-refractivity contribution in [3.8, 4) is 5.75 Å². The van der Waals surface area contributed by atoms with Crippen LogP contribution in [0.15, 0.2) is 53.6 Å². The van der Waals surface area contributed by atoms with Gasteiger partial charge in [-0.1, -0.05) is 41.6 Å². The van der Waals surface area contributed by atoms with Crippen LogP contribution in [0.25, 0.3) is 0 Å². The molecule has 2 amide bonds. The summed E-state index contributed by atoms with van der Waals surface area (Å²) in [6.45, 7) is 2.00. The van der Waals surface area contributed by atoms with E-state index in [1.54, 1.807) is 12.1 Å². The molecule has 2 aromatic carbocycles. The summed E-state index contributed by atoms with van der Waals surface area (Å²) >= 11 is 1.28. The summed E-state index contributed by atoms with van der Waals surface area (Å²) in [4.78, 5) is 24.6. The number of anilines is 1. The van der Waals surface area contributed by atoms with Gasteiger partial charge in [0.1, 0.15) is 11.8 Å². The van der Waals surface area contributed by atoms with E-state index in [0.717, 1.165) is 22.6 Å². The lowest BCUT2D eigenvalue weighted by atomic mass is 10.0. The SMILES string of the molecule is COc1ccc(C2CC3C(=O)NN=C(SCC(=O)Nc4ccc(C)cc4)N3N2)cc1. The molecule has 2 aliphatic rings. The Bertz CT molecular complexity index is 962. The topological polar surface area (TPSA) is 95.1 Å². The van der Waals surface area contributed by atoms with Gasteiger partial charge in [-0.25, -0.2) is 10.9 Å². The van der Waals surface area contributed by atoms with E-state index in [-0.39, 0.29) is 29.7 Å². The van der Waals surface area contributed by atoms with E-state index in [9.17, 15) is 9.59 Å². The first kappa shape index (κ1) is 20.2. The van der Waals surface area contributed by atoms with E-state index in [0.29, 0.717) is 11.6 Å². The fourth-order valence-electron chi connectivity index (χ4n) is 3.40. The Hall–Kier alpha value is -3.04. The first-order chi connectivity index (χ1) is 14.5. The highest BCUT2D eigenvalue weighted by atomic mass is 32.2. The number of carbonyl (C=O) groups is 2. The Labute approximate surface area is 179 Å². The molecule has 2 aliphatic heterocycles. The van der Waals surface area contributed by atoms with E-state index < -0.39 is 0 Å². The largest absolute Gasteiger partial charge is 0.497 e. The van der Waals surface area contributed by atoms with Gasteiger partial charge in [0.05, 0.1) is 18.9 Å². The van der Waals surface area contributed by atoms with Gasteiger partial charge < -0.3 is 10.1 Å². The molecule has 3 N–H and O–H groups in total. The van der Waals surface area contributed by atoms with Crippen molar-refractivity contribution in [2.45, 2.75) is 25.4 Å². The molecular weight excluding hydrogens is 402 g/mol. The number of hydrogen-bond donors (Lipinski definition) is 3. The molecule has 2 unspecified atom stereocenters. The minimum atomic E-state index is -0.378. The minimum Gasteiger partial charge on any atom is -0.497 e. The van der Waals surface area contributed by atoms with Crippen molar-refractivity contribution in [1.82, 2.24) is 15.9 Å². The second-order valence-electron chi connectivity index (χ2n) is 7.15. The molecule has 8 nitrogen and oxygen atoms in total. The monoisotopic (exact) mass is 425 g/mol. The number of amides is 2. The van der Waals surface area contributed by atoms with E-state index in [4.69, 9.17) is 4.74 Å². The Morgan fingerprint density at radius 3 is 2.67 bits per heavy atom. The fraction of sp³-hybridized carbons (Fsp3) is 0.286. The second-order valence-corrected chi connectivity index (χ2v) is 8.09. The molecular formula is C21H23N5O3S. The molecule has 2 atom stereocenters. The first-order valence-corrected chi connectivity index (χ1v) is 10.6. The second kappa shape index (κ2) is 8.76. The number of ether oxygens (including phenoxy) is 1. The van der Waals surface area contributed by atoms with Crippen molar-refractivity contribution in [3.63, 3.8) is 0 Å². The van der Waals surface area contributed by atoms with Crippen molar-refractivity contribution < 1.29 is 14.3 Å². The molecule has 0 spiro atoms. The number of amidine groups is 1. The third kappa shape index (κ3) is 4.42. The smallest absolute Gasteiger partial charge is 0.264 e. The zero-order valence-corrected chi connectivity index (χ0v) is 17.5. The van der Waals surface area contributed by atoms with Crippen molar-refractivity contribution in [2.24, 2.45) is 5.10 Å². The number of thioether (sulfide) groups is 1. The lowest BCUT2D eigenvalue weighted by Crippen LogP contribution is -2.52. The van der Waals surface area contributed by atoms with Crippen LogP contribution in [0, 0.1) is 6.92 Å². The number of hydrogen-bond acceptors (Lipinski definition) is 7. The molecule has 0 saturated carbocycles.